The third-order valence-corrected chi connectivity index (χ3v) is 3.51. The van der Waals surface area contributed by atoms with Crippen LogP contribution in [0.15, 0.2) is 11.1 Å². The Kier molecular flexibility index (Phi) is 2.42. The van der Waals surface area contributed by atoms with E-state index < -0.39 is 0 Å². The molecule has 0 aromatic heterocycles. The van der Waals surface area contributed by atoms with Gasteiger partial charge in [0.2, 0.25) is 0 Å². The van der Waals surface area contributed by atoms with E-state index in [0.717, 1.165) is 23.8 Å². The highest BCUT2D eigenvalue weighted by atomic mass is 35.5. The van der Waals surface area contributed by atoms with Crippen molar-refractivity contribution in [1.29, 1.82) is 0 Å². The van der Waals surface area contributed by atoms with Gasteiger partial charge in [-0.2, -0.15) is 0 Å². The molecule has 0 radical (unpaired) electrons. The van der Waals surface area contributed by atoms with E-state index in [-0.39, 0.29) is 0 Å². The molecule has 2 bridgehead atoms. The lowest BCUT2D eigenvalue weighted by molar-refractivity contribution is 0.246. The molecule has 0 aromatic rings. The fraction of sp³-hybridized carbons (Fsp3) is 0.800. The highest BCUT2D eigenvalue weighted by Gasteiger charge is 2.35. The molecule has 1 nitrogen and oxygen atoms in total. The van der Waals surface area contributed by atoms with Crippen molar-refractivity contribution in [1.82, 2.24) is 0 Å². The summed E-state index contributed by atoms with van der Waals surface area (Å²) in [7, 11) is 0. The van der Waals surface area contributed by atoms with Crippen molar-refractivity contribution in [2.45, 2.75) is 25.7 Å². The van der Waals surface area contributed by atoms with Gasteiger partial charge < -0.3 is 5.11 Å². The second-order valence-corrected chi connectivity index (χ2v) is 4.58. The molecular formula is C10H15ClO. The molecule has 2 rings (SSSR count). The number of halogens is 1. The number of aliphatic hydroxyl groups is 1. The van der Waals surface area contributed by atoms with Crippen molar-refractivity contribution in [2.75, 3.05) is 6.61 Å². The molecule has 2 aliphatic carbocycles. The summed E-state index contributed by atoms with van der Waals surface area (Å²) in [6.07, 6.45) is 6.84. The van der Waals surface area contributed by atoms with Crippen LogP contribution in [0.4, 0.5) is 0 Å². The molecule has 2 heteroatoms. The first kappa shape index (κ1) is 8.58. The van der Waals surface area contributed by atoms with E-state index in [2.05, 4.69) is 6.08 Å². The van der Waals surface area contributed by atoms with Crippen LogP contribution in [0, 0.1) is 17.8 Å². The fourth-order valence-electron chi connectivity index (χ4n) is 2.72. The van der Waals surface area contributed by atoms with Crippen LogP contribution in [0.5, 0.6) is 0 Å². The van der Waals surface area contributed by atoms with Crippen LogP contribution in [0.25, 0.3) is 0 Å². The summed E-state index contributed by atoms with van der Waals surface area (Å²) in [6.45, 7) is 0.333. The predicted octanol–water partition coefficient (Wildman–Crippen LogP) is 2.54. The van der Waals surface area contributed by atoms with Crippen molar-refractivity contribution in [3.05, 3.63) is 11.1 Å². The maximum atomic E-state index is 8.86. The largest absolute Gasteiger partial charge is 0.396 e. The van der Waals surface area contributed by atoms with E-state index in [9.17, 15) is 0 Å². The smallest absolute Gasteiger partial charge is 0.0433 e. The maximum absolute atomic E-state index is 8.86. The summed E-state index contributed by atoms with van der Waals surface area (Å²) < 4.78 is 0. The molecule has 0 spiro atoms. The number of hydrogen-bond acceptors (Lipinski definition) is 1. The Balaban J connectivity index is 2.04. The van der Waals surface area contributed by atoms with Gasteiger partial charge in [-0.25, -0.2) is 0 Å². The molecular weight excluding hydrogens is 172 g/mol. The van der Waals surface area contributed by atoms with E-state index in [1.54, 1.807) is 0 Å². The lowest BCUT2D eigenvalue weighted by Crippen LogP contribution is -2.07. The van der Waals surface area contributed by atoms with Gasteiger partial charge in [-0.05, 0) is 43.4 Å². The zero-order valence-electron chi connectivity index (χ0n) is 7.17. The highest BCUT2D eigenvalue weighted by molar-refractivity contribution is 6.29. The Bertz CT molecular complexity index is 200. The lowest BCUT2D eigenvalue weighted by atomic mass is 9.91. The zero-order chi connectivity index (χ0) is 8.55. The molecule has 3 atom stereocenters. The first-order chi connectivity index (χ1) is 5.79. The minimum atomic E-state index is 0.333. The number of hydrogen-bond donors (Lipinski definition) is 1. The molecule has 0 amide bonds. The lowest BCUT2D eigenvalue weighted by Gasteiger charge is -2.16. The van der Waals surface area contributed by atoms with Crippen LogP contribution in [0.3, 0.4) is 0 Å². The Morgan fingerprint density at radius 2 is 2.33 bits per heavy atom. The summed E-state index contributed by atoms with van der Waals surface area (Å²) in [5.41, 5.74) is 0. The van der Waals surface area contributed by atoms with Gasteiger partial charge in [-0.15, -0.1) is 0 Å². The van der Waals surface area contributed by atoms with Gasteiger partial charge in [0, 0.05) is 11.6 Å². The molecule has 12 heavy (non-hydrogen) atoms. The zero-order valence-corrected chi connectivity index (χ0v) is 7.93. The van der Waals surface area contributed by atoms with Crippen molar-refractivity contribution < 1.29 is 5.11 Å². The minimum absolute atomic E-state index is 0.333. The number of allylic oxidation sites excluding steroid dienone is 2. The molecule has 0 saturated heterocycles. The van der Waals surface area contributed by atoms with Crippen molar-refractivity contribution in [3.63, 3.8) is 0 Å². The summed E-state index contributed by atoms with van der Waals surface area (Å²) in [4.78, 5) is 0. The summed E-state index contributed by atoms with van der Waals surface area (Å²) in [6, 6.07) is 0. The molecule has 1 saturated carbocycles. The van der Waals surface area contributed by atoms with Gasteiger partial charge in [0.1, 0.15) is 0 Å². The molecule has 68 valence electrons. The van der Waals surface area contributed by atoms with Crippen LogP contribution < -0.4 is 0 Å². The molecule has 3 unspecified atom stereocenters. The van der Waals surface area contributed by atoms with Gasteiger partial charge in [-0.3, -0.25) is 0 Å². The number of fused-ring (bicyclic) bond motifs is 2. The first-order valence-electron chi connectivity index (χ1n) is 4.76. The molecule has 2 aliphatic rings. The molecule has 0 heterocycles. The Labute approximate surface area is 78.4 Å². The Morgan fingerprint density at radius 3 is 3.08 bits per heavy atom. The maximum Gasteiger partial charge on any atom is 0.0433 e. The van der Waals surface area contributed by atoms with Crippen LogP contribution in [-0.2, 0) is 0 Å². The molecule has 0 aromatic carbocycles. The van der Waals surface area contributed by atoms with Crippen LogP contribution in [-0.4, -0.2) is 11.7 Å². The van der Waals surface area contributed by atoms with Gasteiger partial charge in [-0.1, -0.05) is 17.7 Å². The van der Waals surface area contributed by atoms with E-state index in [1.807, 2.05) is 0 Å². The van der Waals surface area contributed by atoms with Crippen molar-refractivity contribution in [3.8, 4) is 0 Å². The SMILES string of the molecule is OCCC1CC2CC(Cl)=CC1C2. The van der Waals surface area contributed by atoms with E-state index in [1.165, 1.54) is 12.8 Å². The van der Waals surface area contributed by atoms with Gasteiger partial charge in [0.15, 0.2) is 0 Å². The third kappa shape index (κ3) is 1.53. The normalized spacial score (nSPS) is 39.8. The number of rotatable bonds is 2. The number of aliphatic hydroxyl groups excluding tert-OH is 1. The van der Waals surface area contributed by atoms with Gasteiger partial charge in [0.25, 0.3) is 0 Å². The second kappa shape index (κ2) is 3.39. The van der Waals surface area contributed by atoms with Gasteiger partial charge in [0.05, 0.1) is 0 Å². The van der Waals surface area contributed by atoms with Crippen molar-refractivity contribution in [2.24, 2.45) is 17.8 Å². The molecule has 1 N–H and O–H groups in total. The Morgan fingerprint density at radius 1 is 1.50 bits per heavy atom. The minimum Gasteiger partial charge on any atom is -0.396 e. The van der Waals surface area contributed by atoms with Crippen LogP contribution in [0.1, 0.15) is 25.7 Å². The average Bonchev–Trinajstić information content (AvgIpc) is 2.28. The van der Waals surface area contributed by atoms with E-state index in [0.29, 0.717) is 18.4 Å². The standard InChI is InChI=1S/C10H15ClO/c11-10-5-7-3-8(1-2-12)9(4-7)6-10/h6-9,12H,1-5H2. The quantitative estimate of drug-likeness (QED) is 0.703. The first-order valence-corrected chi connectivity index (χ1v) is 5.14. The van der Waals surface area contributed by atoms with Crippen LogP contribution >= 0.6 is 11.6 Å². The van der Waals surface area contributed by atoms with E-state index >= 15 is 0 Å². The second-order valence-electron chi connectivity index (χ2n) is 4.09. The molecule has 0 aliphatic heterocycles. The average molecular weight is 187 g/mol. The summed E-state index contributed by atoms with van der Waals surface area (Å²) >= 11 is 6.01. The van der Waals surface area contributed by atoms with Crippen LogP contribution in [0.2, 0.25) is 0 Å². The molecule has 1 fully saturated rings. The van der Waals surface area contributed by atoms with E-state index in [4.69, 9.17) is 16.7 Å². The van der Waals surface area contributed by atoms with Gasteiger partial charge >= 0.3 is 0 Å². The fourth-order valence-corrected chi connectivity index (χ4v) is 3.10. The summed E-state index contributed by atoms with van der Waals surface area (Å²) in [5, 5.41) is 9.91. The topological polar surface area (TPSA) is 20.2 Å². The monoisotopic (exact) mass is 186 g/mol. The summed E-state index contributed by atoms with van der Waals surface area (Å²) in [5.74, 6) is 2.18. The van der Waals surface area contributed by atoms with Crippen molar-refractivity contribution >= 4 is 11.6 Å². The Hall–Kier alpha value is -0.0100. The highest BCUT2D eigenvalue weighted by Crippen LogP contribution is 2.46. The third-order valence-electron chi connectivity index (χ3n) is 3.23. The predicted molar refractivity (Wildman–Crippen MR) is 50.0 cm³/mol.